The van der Waals surface area contributed by atoms with Crippen LogP contribution >= 0.6 is 11.6 Å². The summed E-state index contributed by atoms with van der Waals surface area (Å²) in [6, 6.07) is 0. The zero-order valence-electron chi connectivity index (χ0n) is 6.45. The van der Waals surface area contributed by atoms with E-state index in [4.69, 9.17) is 17.3 Å². The highest BCUT2D eigenvalue weighted by Gasteiger charge is 2.31. The van der Waals surface area contributed by atoms with Gasteiger partial charge in [0.05, 0.1) is 5.57 Å². The van der Waals surface area contributed by atoms with Gasteiger partial charge in [0.2, 0.25) is 0 Å². The third-order valence-corrected chi connectivity index (χ3v) is 1.53. The van der Waals surface area contributed by atoms with Crippen LogP contribution in [-0.2, 0) is 0 Å². The molecule has 0 spiro atoms. The lowest BCUT2D eigenvalue weighted by molar-refractivity contribution is -0.0884. The second-order valence-electron chi connectivity index (χ2n) is 2.06. The van der Waals surface area contributed by atoms with E-state index < -0.39 is 11.7 Å². The Hall–Kier alpha value is -0.640. The SMILES string of the molecule is CC/C(Cl)=C\C(=C/N)C(F)(F)F. The predicted molar refractivity (Wildman–Crippen MR) is 42.6 cm³/mol. The van der Waals surface area contributed by atoms with Crippen LogP contribution < -0.4 is 5.73 Å². The van der Waals surface area contributed by atoms with E-state index in [1.165, 1.54) is 0 Å². The Bertz CT molecular complexity index is 205. The lowest BCUT2D eigenvalue weighted by Crippen LogP contribution is -2.11. The summed E-state index contributed by atoms with van der Waals surface area (Å²) in [5.74, 6) is 0. The minimum atomic E-state index is -4.43. The molecule has 0 aromatic carbocycles. The van der Waals surface area contributed by atoms with Crippen LogP contribution in [0.1, 0.15) is 13.3 Å². The van der Waals surface area contributed by atoms with Crippen molar-refractivity contribution in [1.82, 2.24) is 0 Å². The monoisotopic (exact) mass is 199 g/mol. The number of hydrogen-bond acceptors (Lipinski definition) is 1. The molecule has 0 aromatic rings. The summed E-state index contributed by atoms with van der Waals surface area (Å²) < 4.78 is 35.9. The van der Waals surface area contributed by atoms with Crippen molar-refractivity contribution >= 4 is 11.6 Å². The van der Waals surface area contributed by atoms with Crippen molar-refractivity contribution < 1.29 is 13.2 Å². The van der Waals surface area contributed by atoms with Crippen LogP contribution in [0.5, 0.6) is 0 Å². The van der Waals surface area contributed by atoms with Crippen molar-refractivity contribution in [3.63, 3.8) is 0 Å². The number of hydrogen-bond donors (Lipinski definition) is 1. The van der Waals surface area contributed by atoms with Gasteiger partial charge in [-0.15, -0.1) is 0 Å². The molecule has 1 nitrogen and oxygen atoms in total. The maximum atomic E-state index is 12.0. The average molecular weight is 200 g/mol. The zero-order valence-corrected chi connectivity index (χ0v) is 7.21. The summed E-state index contributed by atoms with van der Waals surface area (Å²) >= 11 is 5.41. The highest BCUT2D eigenvalue weighted by molar-refractivity contribution is 6.29. The molecule has 0 aliphatic rings. The number of alkyl halides is 3. The number of allylic oxidation sites excluding steroid dienone is 3. The normalized spacial score (nSPS) is 15.1. The third-order valence-electron chi connectivity index (χ3n) is 1.16. The molecule has 0 saturated heterocycles. The van der Waals surface area contributed by atoms with E-state index in [1.807, 2.05) is 0 Å². The van der Waals surface area contributed by atoms with E-state index in [0.717, 1.165) is 6.08 Å². The van der Waals surface area contributed by atoms with Gasteiger partial charge < -0.3 is 5.73 Å². The molecule has 0 aliphatic carbocycles. The summed E-state index contributed by atoms with van der Waals surface area (Å²) in [6.45, 7) is 1.66. The van der Waals surface area contributed by atoms with Gasteiger partial charge in [-0.25, -0.2) is 0 Å². The number of rotatable bonds is 2. The van der Waals surface area contributed by atoms with Gasteiger partial charge in [0.1, 0.15) is 0 Å². The Morgan fingerprint density at radius 1 is 1.50 bits per heavy atom. The smallest absolute Gasteiger partial charge is 0.404 e. The average Bonchev–Trinajstić information content (AvgIpc) is 1.97. The van der Waals surface area contributed by atoms with E-state index >= 15 is 0 Å². The first-order valence-corrected chi connectivity index (χ1v) is 3.64. The molecule has 70 valence electrons. The fraction of sp³-hybridized carbons (Fsp3) is 0.429. The molecule has 12 heavy (non-hydrogen) atoms. The third kappa shape index (κ3) is 3.67. The lowest BCUT2D eigenvalue weighted by atomic mass is 10.2. The predicted octanol–water partition coefficient (Wildman–Crippen LogP) is 2.92. The van der Waals surface area contributed by atoms with E-state index in [0.29, 0.717) is 12.6 Å². The second kappa shape index (κ2) is 4.40. The van der Waals surface area contributed by atoms with Gasteiger partial charge in [-0.05, 0) is 12.5 Å². The molecule has 0 saturated carbocycles. The molecular formula is C7H9ClF3N. The van der Waals surface area contributed by atoms with Crippen molar-refractivity contribution in [2.75, 3.05) is 0 Å². The Morgan fingerprint density at radius 2 is 2.00 bits per heavy atom. The van der Waals surface area contributed by atoms with Crippen LogP contribution in [0.15, 0.2) is 22.9 Å². The van der Waals surface area contributed by atoms with Gasteiger partial charge in [0, 0.05) is 11.2 Å². The summed E-state index contributed by atoms with van der Waals surface area (Å²) in [6.07, 6.45) is -2.75. The van der Waals surface area contributed by atoms with E-state index in [1.54, 1.807) is 6.92 Å². The van der Waals surface area contributed by atoms with E-state index in [-0.39, 0.29) is 5.03 Å². The first-order valence-electron chi connectivity index (χ1n) is 3.27. The van der Waals surface area contributed by atoms with Crippen LogP contribution in [0.3, 0.4) is 0 Å². The quantitative estimate of drug-likeness (QED) is 0.680. The molecule has 0 bridgehead atoms. The summed E-state index contributed by atoms with van der Waals surface area (Å²) in [5, 5.41) is 0.129. The molecule has 0 aromatic heterocycles. The molecule has 0 atom stereocenters. The molecule has 0 fully saturated rings. The van der Waals surface area contributed by atoms with Crippen LogP contribution in [0, 0.1) is 0 Å². The second-order valence-corrected chi connectivity index (χ2v) is 2.55. The Labute approximate surface area is 73.7 Å². The van der Waals surface area contributed by atoms with Gasteiger partial charge in [-0.2, -0.15) is 13.2 Å². The molecule has 0 radical (unpaired) electrons. The Morgan fingerprint density at radius 3 is 2.25 bits per heavy atom. The van der Waals surface area contributed by atoms with Crippen LogP contribution in [0.25, 0.3) is 0 Å². The molecule has 0 heterocycles. The Kier molecular flexibility index (Phi) is 4.17. The largest absolute Gasteiger partial charge is 0.417 e. The standard InChI is InChI=1S/C7H9ClF3N/c1-2-6(8)3-5(4-12)7(9,10)11/h3-4H,2,12H2,1H3/b5-4+,6-3+. The van der Waals surface area contributed by atoms with Gasteiger partial charge in [0.25, 0.3) is 0 Å². The van der Waals surface area contributed by atoms with Gasteiger partial charge in [-0.3, -0.25) is 0 Å². The van der Waals surface area contributed by atoms with Crippen LogP contribution in [-0.4, -0.2) is 6.18 Å². The van der Waals surface area contributed by atoms with Crippen molar-refractivity contribution in [2.45, 2.75) is 19.5 Å². The first kappa shape index (κ1) is 11.4. The molecule has 0 aliphatic heterocycles. The maximum Gasteiger partial charge on any atom is 0.417 e. The van der Waals surface area contributed by atoms with Crippen molar-refractivity contribution in [1.29, 1.82) is 0 Å². The highest BCUT2D eigenvalue weighted by atomic mass is 35.5. The number of nitrogens with two attached hydrogens (primary N) is 1. The number of halogens is 4. The van der Waals surface area contributed by atoms with E-state index in [9.17, 15) is 13.2 Å². The van der Waals surface area contributed by atoms with Crippen molar-refractivity contribution in [3.05, 3.63) is 22.9 Å². The lowest BCUT2D eigenvalue weighted by Gasteiger charge is -2.06. The first-order chi connectivity index (χ1) is 5.41. The fourth-order valence-corrected chi connectivity index (χ4v) is 0.613. The molecular weight excluding hydrogens is 191 g/mol. The molecule has 0 unspecified atom stereocenters. The summed E-state index contributed by atoms with van der Waals surface area (Å²) in [7, 11) is 0. The fourth-order valence-electron chi connectivity index (χ4n) is 0.495. The van der Waals surface area contributed by atoms with Gasteiger partial charge in [0.15, 0.2) is 0 Å². The zero-order chi connectivity index (χ0) is 9.78. The molecule has 0 amide bonds. The maximum absolute atomic E-state index is 12.0. The van der Waals surface area contributed by atoms with Crippen molar-refractivity contribution in [2.24, 2.45) is 5.73 Å². The molecule has 5 heteroatoms. The molecule has 0 rings (SSSR count). The highest BCUT2D eigenvalue weighted by Crippen LogP contribution is 2.27. The Balaban J connectivity index is 4.63. The van der Waals surface area contributed by atoms with Gasteiger partial charge in [-0.1, -0.05) is 18.5 Å². The minimum absolute atomic E-state index is 0.129. The van der Waals surface area contributed by atoms with Crippen LogP contribution in [0.2, 0.25) is 0 Å². The van der Waals surface area contributed by atoms with Crippen LogP contribution in [0.4, 0.5) is 13.2 Å². The minimum Gasteiger partial charge on any atom is -0.404 e. The summed E-state index contributed by atoms with van der Waals surface area (Å²) in [5.41, 5.74) is 3.85. The topological polar surface area (TPSA) is 26.0 Å². The molecule has 2 N–H and O–H groups in total. The summed E-state index contributed by atoms with van der Waals surface area (Å²) in [4.78, 5) is 0. The van der Waals surface area contributed by atoms with E-state index in [2.05, 4.69) is 0 Å². The van der Waals surface area contributed by atoms with Crippen molar-refractivity contribution in [3.8, 4) is 0 Å². The van der Waals surface area contributed by atoms with Gasteiger partial charge >= 0.3 is 6.18 Å².